The Bertz CT molecular complexity index is 2140. The van der Waals surface area contributed by atoms with Crippen molar-refractivity contribution in [2.75, 3.05) is 13.1 Å². The molecule has 23 nitrogen and oxygen atoms in total. The lowest BCUT2D eigenvalue weighted by Crippen LogP contribution is -2.63. The number of hydrogen-bond donors (Lipinski definition) is 12. The number of carboxylic acid groups (broad SMARTS) is 1. The molecule has 0 radical (unpaired) electrons. The van der Waals surface area contributed by atoms with Crippen LogP contribution in [0.1, 0.15) is 112 Å². The number of aromatic hydroxyl groups is 1. The Morgan fingerprint density at radius 2 is 1.38 bits per heavy atom. The normalized spacial score (nSPS) is 17.2. The first-order valence-electron chi connectivity index (χ1n) is 24.3. The highest BCUT2D eigenvalue weighted by atomic mass is 16.4. The molecule has 2 heterocycles. The molecule has 15 N–H and O–H groups in total. The first kappa shape index (κ1) is 58.5. The maximum atomic E-state index is 14.6. The zero-order valence-electron chi connectivity index (χ0n) is 42.2. The average molecular weight is 996 g/mol. The summed E-state index contributed by atoms with van der Waals surface area (Å²) >= 11 is 0. The number of carboxylic acids is 1. The van der Waals surface area contributed by atoms with Crippen LogP contribution >= 0.6 is 0 Å². The van der Waals surface area contributed by atoms with Crippen LogP contribution in [-0.4, -0.2) is 139 Å². The van der Waals surface area contributed by atoms with Gasteiger partial charge in [0.1, 0.15) is 48.0 Å². The summed E-state index contributed by atoms with van der Waals surface area (Å²) < 4.78 is 0. The van der Waals surface area contributed by atoms with Gasteiger partial charge in [0.05, 0.1) is 11.9 Å². The molecule has 23 heteroatoms. The zero-order chi connectivity index (χ0) is 53.2. The van der Waals surface area contributed by atoms with E-state index in [2.05, 4.69) is 46.9 Å². The number of benzene rings is 1. The standard InChI is InChI=1S/C48H77N13O10/c1-9-27(5)37(43(67)56-34(23-30-24-52-25-54-30)44(68)61-21-12-11-15-35(61)41(65)60-38(45(69)70)28(6)10-2)59-40(64)33(22-29-16-18-31(62)19-17-29)55-42(66)36(26(3)4)58-39(63)32(14-13-20-53-47(49)50)57-46(71)48(7,8)51/h16-19,24-28,32-38,62H,9-15,20-23,51H2,1-8H3,(H,52,54)(H,55,66)(H,56,67)(H,57,71)(H,58,63)(H,59,64)(H,60,65)(H,69,70)(H4,49,50,53)/t27-,28+,32-,33-,34-,35+,36-,37-,38-/m0/s1. The van der Waals surface area contributed by atoms with Gasteiger partial charge in [-0.3, -0.25) is 38.6 Å². The van der Waals surface area contributed by atoms with Crippen molar-refractivity contribution in [3.8, 4) is 5.75 Å². The fourth-order valence-electron chi connectivity index (χ4n) is 7.88. The van der Waals surface area contributed by atoms with Gasteiger partial charge < -0.3 is 69.2 Å². The molecule has 1 saturated heterocycles. The highest BCUT2D eigenvalue weighted by Gasteiger charge is 2.40. The van der Waals surface area contributed by atoms with E-state index in [4.69, 9.17) is 17.2 Å². The number of likely N-dealkylation sites (tertiary alicyclic amines) is 1. The second-order valence-corrected chi connectivity index (χ2v) is 19.3. The first-order chi connectivity index (χ1) is 33.4. The Kier molecular flexibility index (Phi) is 22.7. The van der Waals surface area contributed by atoms with E-state index in [-0.39, 0.29) is 56.9 Å². The monoisotopic (exact) mass is 996 g/mol. The van der Waals surface area contributed by atoms with Crippen LogP contribution in [0, 0.1) is 17.8 Å². The number of aliphatic carboxylic acids is 1. The first-order valence-corrected chi connectivity index (χ1v) is 24.3. The van der Waals surface area contributed by atoms with E-state index in [9.17, 15) is 48.6 Å². The molecule has 71 heavy (non-hydrogen) atoms. The second kappa shape index (κ2) is 27.6. The van der Waals surface area contributed by atoms with Crippen molar-refractivity contribution in [1.82, 2.24) is 46.8 Å². The lowest BCUT2D eigenvalue weighted by atomic mass is 9.95. The number of amides is 7. The fraction of sp³-hybridized carbons (Fsp3) is 0.625. The van der Waals surface area contributed by atoms with Gasteiger partial charge in [-0.05, 0) is 81.4 Å². The van der Waals surface area contributed by atoms with Crippen molar-refractivity contribution in [2.24, 2.45) is 39.9 Å². The Balaban J connectivity index is 1.95. The van der Waals surface area contributed by atoms with E-state index in [0.717, 1.165) is 0 Å². The minimum absolute atomic E-state index is 0.0425. The van der Waals surface area contributed by atoms with Crippen LogP contribution in [0.4, 0.5) is 0 Å². The Hall–Kier alpha value is -6.78. The van der Waals surface area contributed by atoms with Crippen molar-refractivity contribution in [3.05, 3.63) is 48.0 Å². The van der Waals surface area contributed by atoms with Gasteiger partial charge in [-0.1, -0.05) is 66.5 Å². The largest absolute Gasteiger partial charge is 0.508 e. The van der Waals surface area contributed by atoms with Crippen LogP contribution in [0.25, 0.3) is 0 Å². The van der Waals surface area contributed by atoms with Crippen LogP contribution in [-0.2, 0) is 51.2 Å². The number of imidazole rings is 1. The molecule has 0 spiro atoms. The summed E-state index contributed by atoms with van der Waals surface area (Å²) in [6.45, 7) is 13.7. The van der Waals surface area contributed by atoms with Gasteiger partial charge in [-0.15, -0.1) is 0 Å². The van der Waals surface area contributed by atoms with E-state index in [1.807, 2.05) is 13.8 Å². The number of carbonyl (C=O) groups excluding carboxylic acids is 7. The van der Waals surface area contributed by atoms with Crippen molar-refractivity contribution >= 4 is 53.3 Å². The van der Waals surface area contributed by atoms with Crippen LogP contribution in [0.15, 0.2) is 41.8 Å². The summed E-state index contributed by atoms with van der Waals surface area (Å²) in [5.41, 5.74) is 16.6. The van der Waals surface area contributed by atoms with E-state index in [0.29, 0.717) is 36.9 Å². The lowest BCUT2D eigenvalue weighted by Gasteiger charge is -2.38. The number of H-pyrrole nitrogens is 1. The zero-order valence-corrected chi connectivity index (χ0v) is 42.2. The number of phenolic OH excluding ortho intramolecular Hbond substituents is 1. The molecule has 394 valence electrons. The van der Waals surface area contributed by atoms with Crippen molar-refractivity contribution < 1.29 is 48.6 Å². The molecule has 1 fully saturated rings. The summed E-state index contributed by atoms with van der Waals surface area (Å²) in [6, 6.07) is -2.57. The van der Waals surface area contributed by atoms with E-state index >= 15 is 0 Å². The molecule has 1 aliphatic heterocycles. The summed E-state index contributed by atoms with van der Waals surface area (Å²) in [7, 11) is 0. The average Bonchev–Trinajstić information content (AvgIpc) is 3.84. The second-order valence-electron chi connectivity index (χ2n) is 19.3. The number of guanidine groups is 1. The number of aliphatic imine (C=N–C) groups is 1. The number of piperidine rings is 1. The smallest absolute Gasteiger partial charge is 0.326 e. The van der Waals surface area contributed by atoms with Gasteiger partial charge in [0.25, 0.3) is 0 Å². The molecular weight excluding hydrogens is 919 g/mol. The molecule has 0 bridgehead atoms. The molecule has 7 amide bonds. The number of nitrogens with two attached hydrogens (primary N) is 3. The van der Waals surface area contributed by atoms with Crippen LogP contribution < -0.4 is 49.1 Å². The Morgan fingerprint density at radius 3 is 1.94 bits per heavy atom. The third kappa shape index (κ3) is 18.2. The number of carbonyl (C=O) groups is 8. The third-order valence-electron chi connectivity index (χ3n) is 12.7. The number of rotatable bonds is 27. The SMILES string of the molecule is CC[C@@H](C)[C@H](NC(=O)[C@H]1CCCCN1C(=O)[C@H](Cc1cnc[nH]1)NC(=O)[C@@H](NC(=O)[C@H](Cc1ccc(O)cc1)NC(=O)[C@@H](NC(=O)[C@H](CCCN=C(N)N)NC(=O)C(C)(C)N)C(C)C)[C@@H](C)CC)C(=O)O. The third-order valence-corrected chi connectivity index (χ3v) is 12.7. The van der Waals surface area contributed by atoms with Crippen LogP contribution in [0.5, 0.6) is 5.75 Å². The summed E-state index contributed by atoms with van der Waals surface area (Å²) in [6.07, 6.45) is 5.34. The number of phenols is 1. The van der Waals surface area contributed by atoms with Gasteiger partial charge in [-0.25, -0.2) is 9.78 Å². The lowest BCUT2D eigenvalue weighted by molar-refractivity contribution is -0.148. The van der Waals surface area contributed by atoms with Crippen LogP contribution in [0.2, 0.25) is 0 Å². The van der Waals surface area contributed by atoms with E-state index in [1.54, 1.807) is 39.8 Å². The predicted molar refractivity (Wildman–Crippen MR) is 265 cm³/mol. The van der Waals surface area contributed by atoms with Crippen molar-refractivity contribution in [1.29, 1.82) is 0 Å². The molecule has 1 aliphatic rings. The van der Waals surface area contributed by atoms with Crippen molar-refractivity contribution in [3.63, 3.8) is 0 Å². The molecule has 9 atom stereocenters. The number of aromatic nitrogens is 2. The summed E-state index contributed by atoms with van der Waals surface area (Å²) in [5, 5.41) is 36.3. The van der Waals surface area contributed by atoms with Gasteiger partial charge in [-0.2, -0.15) is 0 Å². The molecular formula is C48H77N13O10. The summed E-state index contributed by atoms with van der Waals surface area (Å²) in [5.74, 6) is -7.69. The topological polar surface area (TPSA) is 372 Å². The number of nitrogens with one attached hydrogen (secondary N) is 7. The minimum Gasteiger partial charge on any atom is -0.508 e. The quantitative estimate of drug-likeness (QED) is 0.0314. The van der Waals surface area contributed by atoms with Gasteiger partial charge >= 0.3 is 5.97 Å². The van der Waals surface area contributed by atoms with E-state index < -0.39 is 113 Å². The molecule has 0 aliphatic carbocycles. The Labute approximate surface area is 415 Å². The highest BCUT2D eigenvalue weighted by Crippen LogP contribution is 2.22. The maximum Gasteiger partial charge on any atom is 0.326 e. The van der Waals surface area contributed by atoms with Gasteiger partial charge in [0, 0.05) is 37.8 Å². The summed E-state index contributed by atoms with van der Waals surface area (Å²) in [4.78, 5) is 123. The molecule has 0 saturated carbocycles. The van der Waals surface area contributed by atoms with Gasteiger partial charge in [0.2, 0.25) is 41.4 Å². The number of hydrogen-bond acceptors (Lipinski definition) is 12. The maximum absolute atomic E-state index is 14.6. The van der Waals surface area contributed by atoms with Crippen LogP contribution in [0.3, 0.4) is 0 Å². The molecule has 2 aromatic rings. The molecule has 1 aromatic heterocycles. The number of nitrogens with zero attached hydrogens (tertiary/aromatic N) is 3. The molecule has 1 aromatic carbocycles. The Morgan fingerprint density at radius 1 is 0.789 bits per heavy atom. The minimum atomic E-state index is -1.36. The van der Waals surface area contributed by atoms with Gasteiger partial charge in [0.15, 0.2) is 5.96 Å². The van der Waals surface area contributed by atoms with E-state index in [1.165, 1.54) is 43.4 Å². The van der Waals surface area contributed by atoms with Crippen molar-refractivity contribution in [2.45, 2.75) is 161 Å². The molecule has 3 rings (SSSR count). The predicted octanol–water partition coefficient (Wildman–Crippen LogP) is -0.186. The number of aromatic amines is 1. The fourth-order valence-corrected chi connectivity index (χ4v) is 7.88. The molecule has 0 unspecified atom stereocenters. The highest BCUT2D eigenvalue weighted by molar-refractivity contribution is 5.98.